The monoisotopic (exact) mass is 231 g/mol. The summed E-state index contributed by atoms with van der Waals surface area (Å²) in [6.45, 7) is 2.02. The Morgan fingerprint density at radius 3 is 2.82 bits per heavy atom. The lowest BCUT2D eigenvalue weighted by atomic mass is 9.85. The van der Waals surface area contributed by atoms with E-state index in [1.165, 1.54) is 32.1 Å². The van der Waals surface area contributed by atoms with Gasteiger partial charge in [-0.05, 0) is 24.5 Å². The van der Waals surface area contributed by atoms with E-state index >= 15 is 0 Å². The van der Waals surface area contributed by atoms with Gasteiger partial charge in [0, 0.05) is 19.0 Å². The molecule has 1 aromatic rings. The van der Waals surface area contributed by atoms with Gasteiger partial charge in [-0.3, -0.25) is 9.78 Å². The number of pyridine rings is 1. The first-order valence-electron chi connectivity index (χ1n) is 6.68. The van der Waals surface area contributed by atoms with Crippen LogP contribution in [0.2, 0.25) is 0 Å². The summed E-state index contributed by atoms with van der Waals surface area (Å²) in [4.78, 5) is 16.3. The normalized spacial score (nSPS) is 17.0. The molecule has 0 atom stereocenters. The van der Waals surface area contributed by atoms with Gasteiger partial charge in [0.1, 0.15) is 5.78 Å². The Morgan fingerprint density at radius 1 is 1.35 bits per heavy atom. The zero-order valence-corrected chi connectivity index (χ0v) is 10.6. The second-order valence-corrected chi connectivity index (χ2v) is 5.19. The van der Waals surface area contributed by atoms with Gasteiger partial charge in [-0.25, -0.2) is 0 Å². The number of aryl methyl sites for hydroxylation is 1. The van der Waals surface area contributed by atoms with Crippen molar-refractivity contribution in [2.75, 3.05) is 0 Å². The van der Waals surface area contributed by atoms with Gasteiger partial charge in [-0.15, -0.1) is 0 Å². The summed E-state index contributed by atoms with van der Waals surface area (Å²) in [6, 6.07) is 3.95. The second-order valence-electron chi connectivity index (χ2n) is 5.19. The SMILES string of the molecule is Cc1cccnc1CC(=O)CC1CCCCC1. The molecule has 0 unspecified atom stereocenters. The Kier molecular flexibility index (Phi) is 4.29. The van der Waals surface area contributed by atoms with E-state index < -0.39 is 0 Å². The molecule has 0 amide bonds. The zero-order chi connectivity index (χ0) is 12.1. The number of carbonyl (C=O) groups is 1. The van der Waals surface area contributed by atoms with E-state index in [0.29, 0.717) is 18.1 Å². The highest BCUT2D eigenvalue weighted by Gasteiger charge is 2.17. The topological polar surface area (TPSA) is 30.0 Å². The molecule has 1 aliphatic rings. The van der Waals surface area contributed by atoms with Crippen LogP contribution in [0.15, 0.2) is 18.3 Å². The molecule has 0 spiro atoms. The molecule has 0 bridgehead atoms. The fraction of sp³-hybridized carbons (Fsp3) is 0.600. The quantitative estimate of drug-likeness (QED) is 0.794. The van der Waals surface area contributed by atoms with Crippen molar-refractivity contribution < 1.29 is 4.79 Å². The Hall–Kier alpha value is -1.18. The molecule has 0 aliphatic heterocycles. The van der Waals surface area contributed by atoms with E-state index in [0.717, 1.165) is 17.7 Å². The fourth-order valence-electron chi connectivity index (χ4n) is 2.68. The average Bonchev–Trinajstić information content (AvgIpc) is 2.33. The van der Waals surface area contributed by atoms with Crippen LogP contribution in [0.3, 0.4) is 0 Å². The van der Waals surface area contributed by atoms with Crippen molar-refractivity contribution in [1.82, 2.24) is 4.98 Å². The highest BCUT2D eigenvalue weighted by molar-refractivity contribution is 5.80. The van der Waals surface area contributed by atoms with Crippen LogP contribution in [-0.4, -0.2) is 10.8 Å². The molecule has 17 heavy (non-hydrogen) atoms. The summed E-state index contributed by atoms with van der Waals surface area (Å²) in [7, 11) is 0. The van der Waals surface area contributed by atoms with Crippen molar-refractivity contribution in [3.8, 4) is 0 Å². The maximum absolute atomic E-state index is 12.0. The van der Waals surface area contributed by atoms with Gasteiger partial charge in [0.15, 0.2) is 0 Å². The molecule has 2 rings (SSSR count). The average molecular weight is 231 g/mol. The standard InChI is InChI=1S/C15H21NO/c1-12-6-5-9-16-15(12)11-14(17)10-13-7-3-2-4-8-13/h5-6,9,13H,2-4,7-8,10-11H2,1H3. The molecule has 1 fully saturated rings. The summed E-state index contributed by atoms with van der Waals surface area (Å²) in [5.41, 5.74) is 2.08. The van der Waals surface area contributed by atoms with E-state index in [9.17, 15) is 4.79 Å². The first-order chi connectivity index (χ1) is 8.25. The van der Waals surface area contributed by atoms with Gasteiger partial charge in [0.2, 0.25) is 0 Å². The Labute approximate surface area is 103 Å². The predicted octanol–water partition coefficient (Wildman–Crippen LogP) is 3.47. The highest BCUT2D eigenvalue weighted by atomic mass is 16.1. The minimum absolute atomic E-state index is 0.360. The Bertz CT molecular complexity index is 380. The zero-order valence-electron chi connectivity index (χ0n) is 10.6. The van der Waals surface area contributed by atoms with Crippen LogP contribution in [0.5, 0.6) is 0 Å². The predicted molar refractivity (Wildman–Crippen MR) is 68.9 cm³/mol. The molecule has 0 radical (unpaired) electrons. The van der Waals surface area contributed by atoms with E-state index in [4.69, 9.17) is 0 Å². The van der Waals surface area contributed by atoms with Crippen LogP contribution in [-0.2, 0) is 11.2 Å². The first-order valence-corrected chi connectivity index (χ1v) is 6.68. The van der Waals surface area contributed by atoms with Crippen LogP contribution < -0.4 is 0 Å². The minimum Gasteiger partial charge on any atom is -0.299 e. The van der Waals surface area contributed by atoms with Crippen LogP contribution in [0.1, 0.15) is 49.8 Å². The molecule has 0 aromatic carbocycles. The number of nitrogens with zero attached hydrogens (tertiary/aromatic N) is 1. The molecule has 1 saturated carbocycles. The van der Waals surface area contributed by atoms with Crippen molar-refractivity contribution in [3.05, 3.63) is 29.6 Å². The Morgan fingerprint density at radius 2 is 2.12 bits per heavy atom. The number of Topliss-reactive ketones (excluding diaryl/α,β-unsaturated/α-hetero) is 1. The molecule has 2 heteroatoms. The fourth-order valence-corrected chi connectivity index (χ4v) is 2.68. The number of carbonyl (C=O) groups excluding carboxylic acids is 1. The molecule has 0 saturated heterocycles. The van der Waals surface area contributed by atoms with E-state index in [1.54, 1.807) is 6.20 Å². The van der Waals surface area contributed by atoms with Crippen LogP contribution in [0, 0.1) is 12.8 Å². The second kappa shape index (κ2) is 5.95. The third-order valence-electron chi connectivity index (χ3n) is 3.72. The first kappa shape index (κ1) is 12.3. The van der Waals surface area contributed by atoms with Gasteiger partial charge in [-0.1, -0.05) is 38.2 Å². The summed E-state index contributed by atoms with van der Waals surface area (Å²) in [5.74, 6) is 0.999. The number of ketones is 1. The van der Waals surface area contributed by atoms with E-state index in [2.05, 4.69) is 4.98 Å². The van der Waals surface area contributed by atoms with Crippen molar-refractivity contribution in [1.29, 1.82) is 0 Å². The van der Waals surface area contributed by atoms with Gasteiger partial charge in [0.05, 0.1) is 5.69 Å². The third-order valence-corrected chi connectivity index (χ3v) is 3.72. The number of hydrogen-bond donors (Lipinski definition) is 0. The number of aromatic nitrogens is 1. The maximum Gasteiger partial charge on any atom is 0.139 e. The van der Waals surface area contributed by atoms with Crippen molar-refractivity contribution >= 4 is 5.78 Å². The third kappa shape index (κ3) is 3.65. The van der Waals surface area contributed by atoms with Crippen molar-refractivity contribution in [2.45, 2.75) is 51.9 Å². The molecule has 0 N–H and O–H groups in total. The van der Waals surface area contributed by atoms with Crippen LogP contribution in [0.25, 0.3) is 0 Å². The molecular weight excluding hydrogens is 210 g/mol. The summed E-state index contributed by atoms with van der Waals surface area (Å²) < 4.78 is 0. The lowest BCUT2D eigenvalue weighted by Gasteiger charge is -2.20. The van der Waals surface area contributed by atoms with Gasteiger partial charge in [-0.2, -0.15) is 0 Å². The lowest BCUT2D eigenvalue weighted by molar-refractivity contribution is -0.119. The van der Waals surface area contributed by atoms with E-state index in [1.807, 2.05) is 19.1 Å². The highest BCUT2D eigenvalue weighted by Crippen LogP contribution is 2.26. The van der Waals surface area contributed by atoms with Crippen LogP contribution >= 0.6 is 0 Å². The van der Waals surface area contributed by atoms with Gasteiger partial charge < -0.3 is 0 Å². The molecule has 1 heterocycles. The molecule has 1 aromatic heterocycles. The Balaban J connectivity index is 1.86. The maximum atomic E-state index is 12.0. The lowest BCUT2D eigenvalue weighted by Crippen LogP contribution is -2.14. The number of rotatable bonds is 4. The minimum atomic E-state index is 0.360. The summed E-state index contributed by atoms with van der Waals surface area (Å²) in [6.07, 6.45) is 9.50. The molecule has 92 valence electrons. The van der Waals surface area contributed by atoms with E-state index in [-0.39, 0.29) is 0 Å². The number of hydrogen-bond acceptors (Lipinski definition) is 2. The van der Waals surface area contributed by atoms with Crippen molar-refractivity contribution in [2.24, 2.45) is 5.92 Å². The molecule has 1 aliphatic carbocycles. The van der Waals surface area contributed by atoms with Gasteiger partial charge >= 0.3 is 0 Å². The van der Waals surface area contributed by atoms with Gasteiger partial charge in [0.25, 0.3) is 0 Å². The van der Waals surface area contributed by atoms with Crippen LogP contribution in [0.4, 0.5) is 0 Å². The largest absolute Gasteiger partial charge is 0.299 e. The summed E-state index contributed by atoms with van der Waals surface area (Å²) in [5, 5.41) is 0. The summed E-state index contributed by atoms with van der Waals surface area (Å²) >= 11 is 0. The smallest absolute Gasteiger partial charge is 0.139 e. The van der Waals surface area contributed by atoms with Crippen molar-refractivity contribution in [3.63, 3.8) is 0 Å². The molecular formula is C15H21NO. The molecule has 2 nitrogen and oxygen atoms in total.